The number of carbonyl (C=O) groups excluding carboxylic acids is 1. The van der Waals surface area contributed by atoms with Crippen LogP contribution in [-0.4, -0.2) is 26.6 Å². The maximum Gasteiger partial charge on any atom is 0.221 e. The molecule has 6 heteroatoms. The second-order valence-electron chi connectivity index (χ2n) is 4.26. The zero-order chi connectivity index (χ0) is 14.5. The van der Waals surface area contributed by atoms with E-state index in [2.05, 4.69) is 5.32 Å². The molecule has 1 rings (SSSR count). The molecular weight excluding hydrogens is 286 g/mol. The Bertz CT molecular complexity index is 525. The van der Waals surface area contributed by atoms with E-state index in [4.69, 9.17) is 11.6 Å². The molecule has 1 atom stereocenters. The van der Waals surface area contributed by atoms with Gasteiger partial charge in [-0.1, -0.05) is 23.7 Å². The van der Waals surface area contributed by atoms with Crippen LogP contribution < -0.4 is 5.32 Å². The molecule has 106 valence electrons. The van der Waals surface area contributed by atoms with Crippen LogP contribution in [0, 0.1) is 0 Å². The minimum Gasteiger partial charge on any atom is -0.356 e. The summed E-state index contributed by atoms with van der Waals surface area (Å²) in [5.74, 6) is -0.391. The second-order valence-corrected chi connectivity index (χ2v) is 7.14. The van der Waals surface area contributed by atoms with Gasteiger partial charge in [-0.2, -0.15) is 0 Å². The Morgan fingerprint density at radius 3 is 2.42 bits per heavy atom. The first-order valence-corrected chi connectivity index (χ1v) is 8.20. The number of hydrogen-bond acceptors (Lipinski definition) is 3. The first-order valence-electron chi connectivity index (χ1n) is 6.10. The first-order chi connectivity index (χ1) is 8.86. The van der Waals surface area contributed by atoms with Crippen LogP contribution in [0.3, 0.4) is 0 Å². The van der Waals surface area contributed by atoms with E-state index in [-0.39, 0.29) is 18.1 Å². The Kier molecular flexibility index (Phi) is 5.82. The monoisotopic (exact) mass is 303 g/mol. The number of benzene rings is 1. The Labute approximate surface area is 119 Å². The van der Waals surface area contributed by atoms with Crippen molar-refractivity contribution < 1.29 is 13.2 Å². The molecule has 0 saturated carbocycles. The van der Waals surface area contributed by atoms with Gasteiger partial charge in [0.05, 0.1) is 11.0 Å². The molecule has 0 aliphatic carbocycles. The molecule has 0 bridgehead atoms. The number of rotatable bonds is 6. The highest BCUT2D eigenvalue weighted by atomic mass is 35.5. The van der Waals surface area contributed by atoms with Crippen molar-refractivity contribution in [3.05, 3.63) is 34.9 Å². The van der Waals surface area contributed by atoms with Crippen LogP contribution in [0.25, 0.3) is 0 Å². The van der Waals surface area contributed by atoms with Gasteiger partial charge in [0.25, 0.3) is 0 Å². The Morgan fingerprint density at radius 1 is 1.32 bits per heavy atom. The van der Waals surface area contributed by atoms with Gasteiger partial charge in [-0.05, 0) is 31.5 Å². The average Bonchev–Trinajstić information content (AvgIpc) is 2.37. The number of sulfone groups is 1. The normalized spacial score (nSPS) is 13.0. The fourth-order valence-corrected chi connectivity index (χ4v) is 3.16. The van der Waals surface area contributed by atoms with E-state index in [0.717, 1.165) is 0 Å². The van der Waals surface area contributed by atoms with Crippen LogP contribution in [0.1, 0.15) is 31.1 Å². The number of halogens is 1. The second kappa shape index (κ2) is 6.91. The Morgan fingerprint density at radius 2 is 1.89 bits per heavy atom. The summed E-state index contributed by atoms with van der Waals surface area (Å²) in [4.78, 5) is 11.3. The van der Waals surface area contributed by atoms with Crippen LogP contribution in [0.4, 0.5) is 0 Å². The molecule has 0 aromatic heterocycles. The SMILES string of the molecule is CCNC(=O)CCS(=O)(=O)[C@@H](C)c1ccc(Cl)cc1. The molecule has 1 N–H and O–H groups in total. The molecule has 0 spiro atoms. The number of nitrogens with one attached hydrogen (secondary N) is 1. The highest BCUT2D eigenvalue weighted by Crippen LogP contribution is 2.24. The molecule has 1 aromatic rings. The molecule has 1 aromatic carbocycles. The molecule has 0 unspecified atom stereocenters. The third kappa shape index (κ3) is 4.84. The van der Waals surface area contributed by atoms with Gasteiger partial charge >= 0.3 is 0 Å². The number of carbonyl (C=O) groups is 1. The van der Waals surface area contributed by atoms with E-state index in [0.29, 0.717) is 17.1 Å². The minimum atomic E-state index is -3.34. The summed E-state index contributed by atoms with van der Waals surface area (Å²) >= 11 is 5.77. The molecule has 1 amide bonds. The van der Waals surface area contributed by atoms with Crippen molar-refractivity contribution in [2.24, 2.45) is 0 Å². The average molecular weight is 304 g/mol. The topological polar surface area (TPSA) is 63.2 Å². The highest BCUT2D eigenvalue weighted by Gasteiger charge is 2.23. The molecule has 0 fully saturated rings. The maximum atomic E-state index is 12.1. The van der Waals surface area contributed by atoms with Gasteiger partial charge in [0, 0.05) is 18.0 Å². The molecular formula is C13H18ClNO3S. The van der Waals surface area contributed by atoms with Crippen LogP contribution in [0.2, 0.25) is 5.02 Å². The van der Waals surface area contributed by atoms with Crippen LogP contribution in [0.15, 0.2) is 24.3 Å². The van der Waals surface area contributed by atoms with E-state index in [9.17, 15) is 13.2 Å². The summed E-state index contributed by atoms with van der Waals surface area (Å²) in [7, 11) is -3.34. The zero-order valence-electron chi connectivity index (χ0n) is 11.0. The molecule has 0 heterocycles. The highest BCUT2D eigenvalue weighted by molar-refractivity contribution is 7.91. The standard InChI is InChI=1S/C13H18ClNO3S/c1-3-15-13(16)8-9-19(17,18)10(2)11-4-6-12(14)7-5-11/h4-7,10H,3,8-9H2,1-2H3,(H,15,16)/t10-/m0/s1. The zero-order valence-corrected chi connectivity index (χ0v) is 12.6. The van der Waals surface area contributed by atoms with Gasteiger partial charge in [0.2, 0.25) is 5.91 Å². The minimum absolute atomic E-state index is 0.00585. The molecule has 0 aliphatic heterocycles. The van der Waals surface area contributed by atoms with Crippen LogP contribution in [-0.2, 0) is 14.6 Å². The fourth-order valence-electron chi connectivity index (χ4n) is 1.64. The van der Waals surface area contributed by atoms with Crippen molar-refractivity contribution in [1.82, 2.24) is 5.32 Å². The fraction of sp³-hybridized carbons (Fsp3) is 0.462. The third-order valence-electron chi connectivity index (χ3n) is 2.87. The van der Waals surface area contributed by atoms with Crippen molar-refractivity contribution >= 4 is 27.3 Å². The van der Waals surface area contributed by atoms with Gasteiger partial charge in [0.1, 0.15) is 0 Å². The summed E-state index contributed by atoms with van der Waals surface area (Å²) < 4.78 is 24.2. The van der Waals surface area contributed by atoms with Crippen LogP contribution in [0.5, 0.6) is 0 Å². The van der Waals surface area contributed by atoms with Crippen molar-refractivity contribution in [3.63, 3.8) is 0 Å². The quantitative estimate of drug-likeness (QED) is 0.877. The lowest BCUT2D eigenvalue weighted by molar-refractivity contribution is -0.120. The van der Waals surface area contributed by atoms with Crippen molar-refractivity contribution in [1.29, 1.82) is 0 Å². The lowest BCUT2D eigenvalue weighted by Gasteiger charge is -2.13. The van der Waals surface area contributed by atoms with E-state index in [1.165, 1.54) is 0 Å². The van der Waals surface area contributed by atoms with Crippen LogP contribution >= 0.6 is 11.6 Å². The Balaban J connectivity index is 2.71. The predicted molar refractivity (Wildman–Crippen MR) is 77.0 cm³/mol. The van der Waals surface area contributed by atoms with Gasteiger partial charge in [0.15, 0.2) is 9.84 Å². The summed E-state index contributed by atoms with van der Waals surface area (Å²) in [5.41, 5.74) is 0.681. The van der Waals surface area contributed by atoms with Crippen molar-refractivity contribution in [2.75, 3.05) is 12.3 Å². The lowest BCUT2D eigenvalue weighted by atomic mass is 10.2. The first kappa shape index (κ1) is 16.0. The molecule has 19 heavy (non-hydrogen) atoms. The smallest absolute Gasteiger partial charge is 0.221 e. The number of amides is 1. The van der Waals surface area contributed by atoms with Crippen molar-refractivity contribution in [3.8, 4) is 0 Å². The molecule has 4 nitrogen and oxygen atoms in total. The third-order valence-corrected chi connectivity index (χ3v) is 5.24. The van der Waals surface area contributed by atoms with Gasteiger partial charge in [-0.15, -0.1) is 0 Å². The predicted octanol–water partition coefficient (Wildman–Crippen LogP) is 2.34. The Hall–Kier alpha value is -1.07. The summed E-state index contributed by atoms with van der Waals surface area (Å²) in [6.07, 6.45) is -0.00585. The molecule has 0 radical (unpaired) electrons. The maximum absolute atomic E-state index is 12.1. The number of hydrogen-bond donors (Lipinski definition) is 1. The largest absolute Gasteiger partial charge is 0.356 e. The van der Waals surface area contributed by atoms with E-state index < -0.39 is 15.1 Å². The van der Waals surface area contributed by atoms with E-state index in [1.807, 2.05) is 0 Å². The van der Waals surface area contributed by atoms with Gasteiger partial charge in [-0.25, -0.2) is 8.42 Å². The molecule has 0 saturated heterocycles. The summed E-state index contributed by atoms with van der Waals surface area (Å²) in [6, 6.07) is 6.70. The summed E-state index contributed by atoms with van der Waals surface area (Å²) in [6.45, 7) is 3.92. The molecule has 0 aliphatic rings. The van der Waals surface area contributed by atoms with E-state index in [1.54, 1.807) is 38.1 Å². The summed E-state index contributed by atoms with van der Waals surface area (Å²) in [5, 5.41) is 2.51. The lowest BCUT2D eigenvalue weighted by Crippen LogP contribution is -2.26. The van der Waals surface area contributed by atoms with E-state index >= 15 is 0 Å². The van der Waals surface area contributed by atoms with Crippen molar-refractivity contribution in [2.45, 2.75) is 25.5 Å². The van der Waals surface area contributed by atoms with Gasteiger partial charge < -0.3 is 5.32 Å². The van der Waals surface area contributed by atoms with Gasteiger partial charge in [-0.3, -0.25) is 4.79 Å².